The van der Waals surface area contributed by atoms with Gasteiger partial charge in [-0.25, -0.2) is 4.57 Å². The van der Waals surface area contributed by atoms with Crippen LogP contribution in [0.15, 0.2) is 85.1 Å². The van der Waals surface area contributed by atoms with Gasteiger partial charge in [0.05, 0.1) is 19.8 Å². The van der Waals surface area contributed by atoms with Gasteiger partial charge in [0.15, 0.2) is 6.10 Å². The van der Waals surface area contributed by atoms with E-state index < -0.39 is 57.8 Å². The zero-order valence-electron chi connectivity index (χ0n) is 44.2. The highest BCUT2D eigenvalue weighted by Crippen LogP contribution is 2.43. The number of ether oxygens (including phenoxy) is 3. The van der Waals surface area contributed by atoms with Gasteiger partial charge >= 0.3 is 25.7 Å². The van der Waals surface area contributed by atoms with E-state index in [1.807, 2.05) is 0 Å². The minimum Gasteiger partial charge on any atom is -0.462 e. The molecular formula is C58H99O11P. The van der Waals surface area contributed by atoms with Crippen molar-refractivity contribution >= 4 is 25.7 Å². The molecule has 11 nitrogen and oxygen atoms in total. The van der Waals surface area contributed by atoms with Gasteiger partial charge in [-0.1, -0.05) is 183 Å². The first-order chi connectivity index (χ1) is 34.2. The second-order valence-corrected chi connectivity index (χ2v) is 19.5. The van der Waals surface area contributed by atoms with E-state index in [1.165, 1.54) is 38.5 Å². The van der Waals surface area contributed by atoms with Gasteiger partial charge in [-0.05, 0) is 109 Å². The topological polar surface area (TPSA) is 155 Å². The van der Waals surface area contributed by atoms with Crippen molar-refractivity contribution in [2.45, 2.75) is 238 Å². The minimum atomic E-state index is -4.76. The number of carbonyl (C=O) groups excluding carboxylic acids is 3. The van der Waals surface area contributed by atoms with Crippen molar-refractivity contribution in [3.05, 3.63) is 85.1 Å². The summed E-state index contributed by atoms with van der Waals surface area (Å²) in [5.41, 5.74) is 0. The Balaban J connectivity index is 4.80. The summed E-state index contributed by atoms with van der Waals surface area (Å²) in [6.07, 6.45) is 58.3. The van der Waals surface area contributed by atoms with Crippen LogP contribution in [0.4, 0.5) is 0 Å². The molecule has 0 bridgehead atoms. The predicted octanol–water partition coefficient (Wildman–Crippen LogP) is 15.9. The molecular weight excluding hydrogens is 904 g/mol. The highest BCUT2D eigenvalue weighted by molar-refractivity contribution is 7.47. The Bertz CT molecular complexity index is 1500. The lowest BCUT2D eigenvalue weighted by molar-refractivity contribution is -0.161. The van der Waals surface area contributed by atoms with Crippen molar-refractivity contribution in [1.82, 2.24) is 0 Å². The van der Waals surface area contributed by atoms with Crippen LogP contribution >= 0.6 is 7.82 Å². The van der Waals surface area contributed by atoms with Crippen molar-refractivity contribution < 1.29 is 52.2 Å². The van der Waals surface area contributed by atoms with Crippen LogP contribution in [0.3, 0.4) is 0 Å². The van der Waals surface area contributed by atoms with Gasteiger partial charge in [0, 0.05) is 19.3 Å². The lowest BCUT2D eigenvalue weighted by atomic mass is 10.1. The van der Waals surface area contributed by atoms with Gasteiger partial charge in [-0.15, -0.1) is 0 Å². The van der Waals surface area contributed by atoms with Crippen LogP contribution in [0.25, 0.3) is 0 Å². The van der Waals surface area contributed by atoms with E-state index in [-0.39, 0.29) is 25.9 Å². The molecule has 3 unspecified atom stereocenters. The maximum Gasteiger partial charge on any atom is 0.472 e. The van der Waals surface area contributed by atoms with Crippen LogP contribution < -0.4 is 0 Å². The number of hydrogen-bond donors (Lipinski definition) is 2. The number of esters is 3. The second-order valence-electron chi connectivity index (χ2n) is 18.0. The molecule has 0 aromatic carbocycles. The Morgan fingerprint density at radius 2 is 0.771 bits per heavy atom. The Labute approximate surface area is 426 Å². The van der Waals surface area contributed by atoms with Crippen molar-refractivity contribution in [1.29, 1.82) is 0 Å². The molecule has 0 fully saturated rings. The van der Waals surface area contributed by atoms with Gasteiger partial charge in [-0.3, -0.25) is 23.4 Å². The summed E-state index contributed by atoms with van der Waals surface area (Å²) in [7, 11) is -4.76. The van der Waals surface area contributed by atoms with Gasteiger partial charge in [0.25, 0.3) is 0 Å². The van der Waals surface area contributed by atoms with E-state index in [9.17, 15) is 28.9 Å². The third kappa shape index (κ3) is 49.6. The number of rotatable bonds is 50. The molecule has 0 saturated carbocycles. The molecule has 0 aliphatic rings. The van der Waals surface area contributed by atoms with E-state index in [1.54, 1.807) is 0 Å². The maximum atomic E-state index is 12.9. The molecule has 2 N–H and O–H groups in total. The summed E-state index contributed by atoms with van der Waals surface area (Å²) in [6, 6.07) is 0. The van der Waals surface area contributed by atoms with Gasteiger partial charge < -0.3 is 24.2 Å². The number of phosphoric acid groups is 1. The molecule has 0 aromatic rings. The lowest BCUT2D eigenvalue weighted by Crippen LogP contribution is -2.30. The van der Waals surface area contributed by atoms with Crippen molar-refractivity contribution in [2.24, 2.45) is 0 Å². The Kier molecular flexibility index (Phi) is 49.5. The number of unbranched alkanes of at least 4 members (excludes halogenated alkanes) is 19. The van der Waals surface area contributed by atoms with E-state index in [2.05, 4.69) is 106 Å². The highest BCUT2D eigenvalue weighted by Gasteiger charge is 2.28. The van der Waals surface area contributed by atoms with E-state index in [0.717, 1.165) is 128 Å². The first kappa shape index (κ1) is 66.7. The summed E-state index contributed by atoms with van der Waals surface area (Å²) in [5.74, 6) is -1.55. The van der Waals surface area contributed by atoms with Gasteiger partial charge in [0.2, 0.25) is 0 Å². The fraction of sp³-hybridized carbons (Fsp3) is 0.707. The van der Waals surface area contributed by atoms with E-state index in [0.29, 0.717) is 19.3 Å². The van der Waals surface area contributed by atoms with Gasteiger partial charge in [0.1, 0.15) is 12.7 Å². The lowest BCUT2D eigenvalue weighted by Gasteiger charge is -2.21. The Morgan fingerprint density at radius 1 is 0.414 bits per heavy atom. The largest absolute Gasteiger partial charge is 0.472 e. The minimum absolute atomic E-state index is 0.109. The number of phosphoric ester groups is 1. The first-order valence-corrected chi connectivity index (χ1v) is 29.0. The zero-order valence-corrected chi connectivity index (χ0v) is 45.1. The molecule has 0 heterocycles. The SMILES string of the molecule is CC/C=C\C/C=C\C/C=C\C/C=C\CCCCC(=O)OC(COC(=O)CCCCCCC/C=C\C/C=C\CCC)COP(=O)(O)OCC(CO)OC(=O)CCCCCCC/C=C\CCCCCCCC. The van der Waals surface area contributed by atoms with Crippen LogP contribution in [0.2, 0.25) is 0 Å². The maximum absolute atomic E-state index is 12.9. The molecule has 0 aliphatic carbocycles. The molecule has 0 radical (unpaired) electrons. The van der Waals surface area contributed by atoms with Crippen LogP contribution in [0.5, 0.6) is 0 Å². The van der Waals surface area contributed by atoms with Crippen molar-refractivity contribution in [3.63, 3.8) is 0 Å². The molecule has 0 aliphatic heterocycles. The number of carbonyl (C=O) groups is 3. The van der Waals surface area contributed by atoms with Crippen LogP contribution in [0.1, 0.15) is 226 Å². The molecule has 0 aromatic heterocycles. The smallest absolute Gasteiger partial charge is 0.462 e. The third-order valence-corrected chi connectivity index (χ3v) is 12.2. The Hall–Kier alpha value is -3.34. The predicted molar refractivity (Wildman–Crippen MR) is 288 cm³/mol. The first-order valence-electron chi connectivity index (χ1n) is 27.5. The number of allylic oxidation sites excluding steroid dienone is 14. The van der Waals surface area contributed by atoms with Crippen molar-refractivity contribution in [2.75, 3.05) is 26.4 Å². The molecule has 70 heavy (non-hydrogen) atoms. The fourth-order valence-electron chi connectivity index (χ4n) is 7.08. The molecule has 12 heteroatoms. The average molecular weight is 1000 g/mol. The van der Waals surface area contributed by atoms with E-state index in [4.69, 9.17) is 23.3 Å². The number of aliphatic hydroxyl groups is 1. The summed E-state index contributed by atoms with van der Waals surface area (Å²) < 4.78 is 39.4. The quantitative estimate of drug-likeness (QED) is 0.0197. The molecule has 0 saturated heterocycles. The summed E-state index contributed by atoms with van der Waals surface area (Å²) in [5, 5.41) is 9.80. The second kappa shape index (κ2) is 52.0. The number of hydrogen-bond acceptors (Lipinski definition) is 10. The van der Waals surface area contributed by atoms with Gasteiger partial charge in [-0.2, -0.15) is 0 Å². The highest BCUT2D eigenvalue weighted by atomic mass is 31.2. The van der Waals surface area contributed by atoms with Crippen LogP contribution in [-0.2, 0) is 42.2 Å². The molecule has 402 valence electrons. The summed E-state index contributed by atoms with van der Waals surface area (Å²) in [6.45, 7) is 4.38. The average Bonchev–Trinajstić information content (AvgIpc) is 3.35. The fourth-order valence-corrected chi connectivity index (χ4v) is 7.87. The summed E-state index contributed by atoms with van der Waals surface area (Å²) in [4.78, 5) is 48.4. The zero-order chi connectivity index (χ0) is 51.3. The third-order valence-electron chi connectivity index (χ3n) is 11.3. The number of aliphatic hydroxyl groups excluding tert-OH is 1. The Morgan fingerprint density at radius 3 is 1.24 bits per heavy atom. The van der Waals surface area contributed by atoms with E-state index >= 15 is 0 Å². The van der Waals surface area contributed by atoms with Crippen LogP contribution in [0, 0.1) is 0 Å². The standard InChI is InChI=1S/C58H99O11P/c1-4-7-10-13-16-19-22-25-27-30-33-36-39-42-45-48-57(61)68-54(50-59)52-66-70(63,64)67-53-55(51-65-56(60)47-44-41-38-35-32-29-24-21-18-15-12-9-6-3)69-58(62)49-46-43-40-37-34-31-28-26-23-20-17-14-11-8-5-2/h8,11-12,15,17,20-21,24-28,34,37,54-55,59H,4-7,9-10,13-14,16,18-19,22-23,29-33,35-36,38-53H2,1-3H3,(H,63,64)/b11-8-,15-12-,20-17-,24-21-,27-25-,28-26-,37-34-. The summed E-state index contributed by atoms with van der Waals surface area (Å²) >= 11 is 0. The van der Waals surface area contributed by atoms with Crippen molar-refractivity contribution in [3.8, 4) is 0 Å². The normalized spacial score (nSPS) is 14.1. The molecule has 0 amide bonds. The molecule has 3 atom stereocenters. The molecule has 0 rings (SSSR count). The molecule has 0 spiro atoms. The van der Waals surface area contributed by atoms with Crippen LogP contribution in [-0.4, -0.2) is 66.5 Å². The monoisotopic (exact) mass is 1000 g/mol.